The Bertz CT molecular complexity index is 584. The van der Waals surface area contributed by atoms with Gasteiger partial charge in [-0.25, -0.2) is 0 Å². The zero-order chi connectivity index (χ0) is 16.9. The Balaban J connectivity index is 1.85. The van der Waals surface area contributed by atoms with Crippen molar-refractivity contribution in [3.05, 3.63) is 29.8 Å². The Labute approximate surface area is 138 Å². The minimum atomic E-state index is -0.714. The molecule has 1 saturated heterocycles. The van der Waals surface area contributed by atoms with Crippen LogP contribution in [-0.2, 0) is 19.5 Å². The van der Waals surface area contributed by atoms with Gasteiger partial charge in [0.15, 0.2) is 0 Å². The van der Waals surface area contributed by atoms with Crippen LogP contribution in [-0.4, -0.2) is 29.4 Å². The van der Waals surface area contributed by atoms with Crippen LogP contribution in [0.5, 0.6) is 0 Å². The summed E-state index contributed by atoms with van der Waals surface area (Å²) in [6.07, 6.45) is 3.40. The summed E-state index contributed by atoms with van der Waals surface area (Å²) in [5.41, 5.74) is 0.372. The zero-order valence-corrected chi connectivity index (χ0v) is 14.4. The van der Waals surface area contributed by atoms with Gasteiger partial charge in [-0.05, 0) is 51.6 Å². The molecular formula is C18H25BO4. The van der Waals surface area contributed by atoms with Gasteiger partial charge in [-0.3, -0.25) is 4.79 Å². The lowest BCUT2D eigenvalue weighted by Gasteiger charge is -2.32. The van der Waals surface area contributed by atoms with Gasteiger partial charge in [0.1, 0.15) is 0 Å². The molecule has 1 N–H and O–H groups in total. The second-order valence-electron chi connectivity index (χ2n) is 7.80. The van der Waals surface area contributed by atoms with E-state index in [4.69, 9.17) is 9.31 Å². The monoisotopic (exact) mass is 316 g/mol. The molecule has 5 heteroatoms. The van der Waals surface area contributed by atoms with E-state index in [2.05, 4.69) is 0 Å². The van der Waals surface area contributed by atoms with Gasteiger partial charge in [0.05, 0.1) is 16.6 Å². The van der Waals surface area contributed by atoms with Crippen molar-refractivity contribution in [3.63, 3.8) is 0 Å². The van der Waals surface area contributed by atoms with E-state index in [1.807, 2.05) is 52.0 Å². The summed E-state index contributed by atoms with van der Waals surface area (Å²) in [6.45, 7) is 8.11. The highest BCUT2D eigenvalue weighted by Gasteiger charge is 2.52. The predicted octanol–water partition coefficient (Wildman–Crippen LogP) is 2.88. The second kappa shape index (κ2) is 5.35. The van der Waals surface area contributed by atoms with E-state index in [1.54, 1.807) is 0 Å². The SMILES string of the molecule is CC1(C)OB(c2ccc(C3(C(=O)O)CCCC3)cc2)OC1(C)C. The van der Waals surface area contributed by atoms with E-state index in [0.29, 0.717) is 0 Å². The average molecular weight is 316 g/mol. The third-order valence-corrected chi connectivity index (χ3v) is 5.86. The number of rotatable bonds is 3. The molecule has 0 bridgehead atoms. The first-order valence-electron chi connectivity index (χ1n) is 8.37. The maximum absolute atomic E-state index is 11.8. The summed E-state index contributed by atoms with van der Waals surface area (Å²) in [6, 6.07) is 7.75. The zero-order valence-electron chi connectivity index (χ0n) is 14.4. The van der Waals surface area contributed by atoms with Crippen LogP contribution < -0.4 is 5.46 Å². The Morgan fingerprint density at radius 3 is 1.91 bits per heavy atom. The van der Waals surface area contributed by atoms with Crippen LogP contribution >= 0.6 is 0 Å². The Morgan fingerprint density at radius 2 is 1.48 bits per heavy atom. The Hall–Kier alpha value is -1.33. The molecule has 124 valence electrons. The minimum absolute atomic E-state index is 0.371. The lowest BCUT2D eigenvalue weighted by Crippen LogP contribution is -2.41. The van der Waals surface area contributed by atoms with Gasteiger partial charge in [0.2, 0.25) is 0 Å². The molecule has 2 aliphatic rings. The first-order chi connectivity index (χ1) is 10.7. The molecule has 4 nitrogen and oxygen atoms in total. The van der Waals surface area contributed by atoms with Gasteiger partial charge in [-0.2, -0.15) is 0 Å². The van der Waals surface area contributed by atoms with Gasteiger partial charge in [-0.15, -0.1) is 0 Å². The molecule has 1 aromatic rings. The number of carboxylic acids is 1. The minimum Gasteiger partial charge on any atom is -0.481 e. The molecular weight excluding hydrogens is 291 g/mol. The number of aliphatic carboxylic acids is 1. The van der Waals surface area contributed by atoms with Gasteiger partial charge in [0, 0.05) is 0 Å². The van der Waals surface area contributed by atoms with Crippen LogP contribution in [0.2, 0.25) is 0 Å². The largest absolute Gasteiger partial charge is 0.494 e. The lowest BCUT2D eigenvalue weighted by atomic mass is 9.74. The number of carbonyl (C=O) groups is 1. The van der Waals surface area contributed by atoms with E-state index >= 15 is 0 Å². The summed E-state index contributed by atoms with van der Waals surface area (Å²) >= 11 is 0. The van der Waals surface area contributed by atoms with Crippen molar-refractivity contribution in [1.82, 2.24) is 0 Å². The molecule has 1 aromatic carbocycles. The van der Waals surface area contributed by atoms with E-state index in [-0.39, 0.29) is 11.2 Å². The van der Waals surface area contributed by atoms with Gasteiger partial charge in [-0.1, -0.05) is 37.1 Å². The highest BCUT2D eigenvalue weighted by atomic mass is 16.7. The molecule has 0 amide bonds. The van der Waals surface area contributed by atoms with Crippen LogP contribution in [0.4, 0.5) is 0 Å². The van der Waals surface area contributed by atoms with Gasteiger partial charge >= 0.3 is 13.1 Å². The van der Waals surface area contributed by atoms with E-state index < -0.39 is 18.5 Å². The summed E-state index contributed by atoms with van der Waals surface area (Å²) < 4.78 is 12.1. The van der Waals surface area contributed by atoms with Crippen molar-refractivity contribution in [3.8, 4) is 0 Å². The molecule has 0 unspecified atom stereocenters. The molecule has 0 atom stereocenters. The highest BCUT2D eigenvalue weighted by molar-refractivity contribution is 6.62. The number of hydrogen-bond donors (Lipinski definition) is 1. The fraction of sp³-hybridized carbons (Fsp3) is 0.611. The predicted molar refractivity (Wildman–Crippen MR) is 89.9 cm³/mol. The van der Waals surface area contributed by atoms with Crippen LogP contribution in [0.3, 0.4) is 0 Å². The number of benzene rings is 1. The smallest absolute Gasteiger partial charge is 0.481 e. The van der Waals surface area contributed by atoms with Crippen molar-refractivity contribution in [1.29, 1.82) is 0 Å². The van der Waals surface area contributed by atoms with Crippen molar-refractivity contribution < 1.29 is 19.2 Å². The van der Waals surface area contributed by atoms with Crippen molar-refractivity contribution in [2.75, 3.05) is 0 Å². The Morgan fingerprint density at radius 1 is 1.00 bits per heavy atom. The molecule has 23 heavy (non-hydrogen) atoms. The fourth-order valence-electron chi connectivity index (χ4n) is 3.54. The lowest BCUT2D eigenvalue weighted by molar-refractivity contribution is -0.143. The summed E-state index contributed by atoms with van der Waals surface area (Å²) in [4.78, 5) is 11.8. The van der Waals surface area contributed by atoms with Crippen LogP contribution in [0, 0.1) is 0 Å². The van der Waals surface area contributed by atoms with Crippen molar-refractivity contribution >= 4 is 18.6 Å². The maximum atomic E-state index is 11.8. The number of carboxylic acid groups (broad SMARTS) is 1. The molecule has 2 fully saturated rings. The normalized spacial score (nSPS) is 24.8. The quantitative estimate of drug-likeness (QED) is 0.871. The van der Waals surface area contributed by atoms with Gasteiger partial charge < -0.3 is 14.4 Å². The molecule has 1 aliphatic carbocycles. The standard InChI is InChI=1S/C18H25BO4/c1-16(2)17(3,4)23-19(22-16)14-9-7-13(8-10-14)18(15(20)21)11-5-6-12-18/h7-10H,5-6,11-12H2,1-4H3,(H,20,21). The topological polar surface area (TPSA) is 55.8 Å². The van der Waals surface area contributed by atoms with E-state index in [1.165, 1.54) is 0 Å². The van der Waals surface area contributed by atoms with Crippen LogP contribution in [0.25, 0.3) is 0 Å². The van der Waals surface area contributed by atoms with Gasteiger partial charge in [0.25, 0.3) is 0 Å². The summed E-state index contributed by atoms with van der Waals surface area (Å²) in [5.74, 6) is -0.710. The average Bonchev–Trinajstić information content (AvgIpc) is 3.04. The summed E-state index contributed by atoms with van der Waals surface area (Å²) in [5, 5.41) is 9.69. The highest BCUT2D eigenvalue weighted by Crippen LogP contribution is 2.41. The van der Waals surface area contributed by atoms with Crippen molar-refractivity contribution in [2.45, 2.75) is 70.0 Å². The third-order valence-electron chi connectivity index (χ3n) is 5.86. The molecule has 0 spiro atoms. The molecule has 1 aliphatic heterocycles. The molecule has 3 rings (SSSR count). The second-order valence-corrected chi connectivity index (χ2v) is 7.80. The summed E-state index contributed by atoms with van der Waals surface area (Å²) in [7, 11) is -0.404. The molecule has 1 saturated carbocycles. The van der Waals surface area contributed by atoms with Crippen molar-refractivity contribution in [2.24, 2.45) is 0 Å². The first-order valence-corrected chi connectivity index (χ1v) is 8.37. The first kappa shape index (κ1) is 16.5. The molecule has 0 radical (unpaired) electrons. The number of hydrogen-bond acceptors (Lipinski definition) is 3. The van der Waals surface area contributed by atoms with Crippen LogP contribution in [0.1, 0.15) is 58.9 Å². The van der Waals surface area contributed by atoms with E-state index in [0.717, 1.165) is 36.7 Å². The Kier molecular flexibility index (Phi) is 3.85. The fourth-order valence-corrected chi connectivity index (χ4v) is 3.54. The van der Waals surface area contributed by atoms with Crippen LogP contribution in [0.15, 0.2) is 24.3 Å². The maximum Gasteiger partial charge on any atom is 0.494 e. The third kappa shape index (κ3) is 2.60. The van der Waals surface area contributed by atoms with E-state index in [9.17, 15) is 9.90 Å². The molecule has 0 aromatic heterocycles. The molecule has 1 heterocycles.